The number of hydrogen-bond donors (Lipinski definition) is 0. The van der Waals surface area contributed by atoms with Crippen molar-refractivity contribution in [2.75, 3.05) is 0 Å². The molecule has 0 radical (unpaired) electrons. The zero-order valence-electron chi connectivity index (χ0n) is 27.8. The van der Waals surface area contributed by atoms with Crippen LogP contribution in [-0.4, -0.2) is 0 Å². The molecule has 2 aromatic rings. The summed E-state index contributed by atoms with van der Waals surface area (Å²) in [5.74, 6) is 0. The summed E-state index contributed by atoms with van der Waals surface area (Å²) in [4.78, 5) is 0. The molecule has 36 heavy (non-hydrogen) atoms. The molecule has 2 rings (SSSR count). The molecule has 0 N–H and O–H groups in total. The Morgan fingerprint density at radius 3 is 0.750 bits per heavy atom. The van der Waals surface area contributed by atoms with E-state index >= 15 is 0 Å². The summed E-state index contributed by atoms with van der Waals surface area (Å²) in [5, 5.41) is 0. The van der Waals surface area contributed by atoms with Gasteiger partial charge in [0.05, 0.1) is 0 Å². The zero-order valence-corrected chi connectivity index (χ0v) is 27.8. The number of rotatable bonds is 0. The molecule has 0 saturated carbocycles. The quantitative estimate of drug-likeness (QED) is 0.340. The molecule has 0 nitrogen and oxygen atoms in total. The molecule has 0 heterocycles. The van der Waals surface area contributed by atoms with Crippen LogP contribution in [0.3, 0.4) is 0 Å². The van der Waals surface area contributed by atoms with Gasteiger partial charge in [0, 0.05) is 0 Å². The van der Waals surface area contributed by atoms with Crippen molar-refractivity contribution in [3.8, 4) is 0 Å². The molecule has 0 aliphatic rings. The maximum atomic E-state index is 2.33. The van der Waals surface area contributed by atoms with Gasteiger partial charge in [0.15, 0.2) is 0 Å². The Kier molecular flexibility index (Phi) is 14.6. The van der Waals surface area contributed by atoms with Crippen molar-refractivity contribution in [3.63, 3.8) is 0 Å². The van der Waals surface area contributed by atoms with Crippen LogP contribution in [0.25, 0.3) is 0 Å². The van der Waals surface area contributed by atoms with E-state index in [9.17, 15) is 0 Å². The summed E-state index contributed by atoms with van der Waals surface area (Å²) in [5.41, 5.74) is 7.18. The second-order valence-corrected chi connectivity index (χ2v) is 15.9. The van der Waals surface area contributed by atoms with Crippen LogP contribution in [-0.2, 0) is 21.7 Å². The van der Waals surface area contributed by atoms with E-state index in [1.807, 2.05) is 0 Å². The average Bonchev–Trinajstić information content (AvgIpc) is 2.65. The van der Waals surface area contributed by atoms with Crippen LogP contribution in [0.1, 0.15) is 153 Å². The fourth-order valence-electron chi connectivity index (χ4n) is 2.92. The normalized spacial score (nSPS) is 12.3. The fraction of sp³-hybridized carbons (Fsp3) is 0.667. The Morgan fingerprint density at radius 2 is 0.583 bits per heavy atom. The number of hydrogen-bond acceptors (Lipinski definition) is 0. The highest BCUT2D eigenvalue weighted by atomic mass is 14.2. The van der Waals surface area contributed by atoms with Gasteiger partial charge in [0.2, 0.25) is 0 Å². The highest BCUT2D eigenvalue weighted by Crippen LogP contribution is 2.29. The minimum atomic E-state index is 0.251. The van der Waals surface area contributed by atoms with Gasteiger partial charge in [-0.25, -0.2) is 0 Å². The van der Waals surface area contributed by atoms with Crippen molar-refractivity contribution in [3.05, 3.63) is 70.8 Å². The minimum Gasteiger partial charge on any atom is -0.0656 e. The van der Waals surface area contributed by atoms with E-state index in [1.54, 1.807) is 0 Å². The maximum absolute atomic E-state index is 2.33. The summed E-state index contributed by atoms with van der Waals surface area (Å²) < 4.78 is 0. The molecule has 0 amide bonds. The molecular formula is C36H64. The van der Waals surface area contributed by atoms with Gasteiger partial charge < -0.3 is 0 Å². The van der Waals surface area contributed by atoms with Gasteiger partial charge in [0.1, 0.15) is 0 Å². The van der Waals surface area contributed by atoms with E-state index in [0.29, 0.717) is 5.41 Å². The van der Waals surface area contributed by atoms with Crippen LogP contribution in [0.2, 0.25) is 0 Å². The monoisotopic (exact) mass is 497 g/mol. The second kappa shape index (κ2) is 14.4. The summed E-state index contributed by atoms with van der Waals surface area (Å²) in [6.07, 6.45) is 1.25. The Hall–Kier alpha value is -1.56. The zero-order chi connectivity index (χ0) is 29.2. The van der Waals surface area contributed by atoms with E-state index in [1.165, 1.54) is 28.7 Å². The average molecular weight is 497 g/mol. The molecule has 0 unspecified atom stereocenters. The largest absolute Gasteiger partial charge is 0.0656 e. The van der Waals surface area contributed by atoms with Crippen LogP contribution >= 0.6 is 0 Å². The lowest BCUT2D eigenvalue weighted by atomic mass is 9.81. The van der Waals surface area contributed by atoms with Crippen molar-refractivity contribution in [1.82, 2.24) is 0 Å². The van der Waals surface area contributed by atoms with Crippen molar-refractivity contribution in [1.29, 1.82) is 0 Å². The first-order chi connectivity index (χ1) is 15.8. The van der Waals surface area contributed by atoms with Crippen LogP contribution in [0.4, 0.5) is 0 Å². The minimum absolute atomic E-state index is 0.251. The highest BCUT2D eigenvalue weighted by molar-refractivity contribution is 5.32. The van der Waals surface area contributed by atoms with E-state index in [4.69, 9.17) is 0 Å². The third-order valence-corrected chi connectivity index (χ3v) is 5.21. The third-order valence-electron chi connectivity index (χ3n) is 5.21. The van der Waals surface area contributed by atoms with Crippen molar-refractivity contribution in [2.24, 2.45) is 5.41 Å². The lowest BCUT2D eigenvalue weighted by Gasteiger charge is -2.24. The third kappa shape index (κ3) is 17.8. The van der Waals surface area contributed by atoms with Gasteiger partial charge in [0.25, 0.3) is 0 Å². The maximum Gasteiger partial charge on any atom is -0.0132 e. The molecular weight excluding hydrogens is 432 g/mol. The van der Waals surface area contributed by atoms with Gasteiger partial charge in [-0.05, 0) is 49.3 Å². The van der Waals surface area contributed by atoms with Crippen molar-refractivity contribution < 1.29 is 0 Å². The SMILES string of the molecule is CC(C)(C)C.CC(C)(C)c1ccc(C(C)(C)C)cc1.CC(C)(C)c1cccc(C(C)(C)C)c1.CCC. The topological polar surface area (TPSA) is 0 Å². The molecule has 0 bridgehead atoms. The van der Waals surface area contributed by atoms with Gasteiger partial charge in [-0.15, -0.1) is 0 Å². The molecule has 0 atom stereocenters. The van der Waals surface area contributed by atoms with Gasteiger partial charge in [-0.2, -0.15) is 0 Å². The van der Waals surface area contributed by atoms with Crippen LogP contribution in [0.15, 0.2) is 48.5 Å². The first-order valence-electron chi connectivity index (χ1n) is 14.1. The molecule has 0 fully saturated rings. The van der Waals surface area contributed by atoms with Gasteiger partial charge >= 0.3 is 0 Å². The van der Waals surface area contributed by atoms with Crippen molar-refractivity contribution >= 4 is 0 Å². The summed E-state index contributed by atoms with van der Waals surface area (Å²) in [6, 6.07) is 17.9. The predicted molar refractivity (Wildman–Crippen MR) is 169 cm³/mol. The first-order valence-corrected chi connectivity index (χ1v) is 14.1. The Bertz CT molecular complexity index is 761. The molecule has 0 aliphatic heterocycles. The van der Waals surface area contributed by atoms with E-state index in [0.717, 1.165) is 0 Å². The molecule has 208 valence electrons. The fourth-order valence-corrected chi connectivity index (χ4v) is 2.92. The first kappa shape index (κ1) is 36.6. The lowest BCUT2D eigenvalue weighted by molar-refractivity contribution is 0.469. The molecule has 0 aliphatic carbocycles. The Labute approximate surface area is 228 Å². The molecule has 0 aromatic heterocycles. The summed E-state index contributed by atoms with van der Waals surface area (Å²) in [6.45, 7) is 40.0. The van der Waals surface area contributed by atoms with E-state index in [2.05, 4.69) is 173 Å². The van der Waals surface area contributed by atoms with Crippen LogP contribution in [0.5, 0.6) is 0 Å². The summed E-state index contributed by atoms with van der Waals surface area (Å²) >= 11 is 0. The van der Waals surface area contributed by atoms with Gasteiger partial charge in [-0.3, -0.25) is 0 Å². The van der Waals surface area contributed by atoms with Crippen LogP contribution < -0.4 is 0 Å². The Balaban J connectivity index is 0. The number of benzene rings is 2. The second-order valence-electron chi connectivity index (χ2n) is 15.9. The summed E-state index contributed by atoms with van der Waals surface area (Å²) in [7, 11) is 0. The standard InChI is InChI=1S/2C14H22.C5H12.C3H8/c1-13(2,3)11-7-9-12(10-8-11)14(4,5)6;1-13(2,3)11-8-7-9-12(10-11)14(4,5)6;1-5(2,3)4;1-3-2/h2*7-10H,1-6H3;1-4H3;3H2,1-2H3. The molecule has 2 aromatic carbocycles. The Morgan fingerprint density at radius 1 is 0.389 bits per heavy atom. The van der Waals surface area contributed by atoms with E-state index in [-0.39, 0.29) is 21.7 Å². The van der Waals surface area contributed by atoms with Crippen molar-refractivity contribution in [2.45, 2.75) is 153 Å². The lowest BCUT2D eigenvalue weighted by Crippen LogP contribution is -2.15. The predicted octanol–water partition coefficient (Wildman–Crippen LogP) is 12.0. The smallest absolute Gasteiger partial charge is 0.0132 e. The van der Waals surface area contributed by atoms with Gasteiger partial charge in [-0.1, -0.05) is 180 Å². The molecule has 0 heteroatoms. The van der Waals surface area contributed by atoms with Crippen LogP contribution in [0, 0.1) is 5.41 Å². The highest BCUT2D eigenvalue weighted by Gasteiger charge is 2.18. The van der Waals surface area contributed by atoms with E-state index < -0.39 is 0 Å². The molecule has 0 saturated heterocycles. The molecule has 0 spiro atoms.